The second-order valence-electron chi connectivity index (χ2n) is 6.90. The fourth-order valence-corrected chi connectivity index (χ4v) is 4.12. The van der Waals surface area contributed by atoms with Crippen molar-refractivity contribution in [1.29, 1.82) is 0 Å². The van der Waals surface area contributed by atoms with Crippen molar-refractivity contribution >= 4 is 0 Å². The van der Waals surface area contributed by atoms with Crippen molar-refractivity contribution in [2.75, 3.05) is 7.11 Å². The van der Waals surface area contributed by atoms with Gasteiger partial charge in [0, 0.05) is 25.6 Å². The van der Waals surface area contributed by atoms with Crippen LogP contribution in [-0.2, 0) is 24.3 Å². The Labute approximate surface area is 133 Å². The molecule has 2 heterocycles. The number of nitrogens with one attached hydrogen (secondary N) is 1. The van der Waals surface area contributed by atoms with Gasteiger partial charge < -0.3 is 10.1 Å². The Balaban J connectivity index is 1.60. The van der Waals surface area contributed by atoms with E-state index in [1.807, 2.05) is 0 Å². The molecule has 0 radical (unpaired) electrons. The Hall–Kier alpha value is -0.940. The Morgan fingerprint density at radius 2 is 2.14 bits per heavy atom. The van der Waals surface area contributed by atoms with Crippen molar-refractivity contribution in [1.82, 2.24) is 20.1 Å². The molecule has 2 unspecified atom stereocenters. The first kappa shape index (κ1) is 15.9. The number of rotatable bonds is 7. The number of aromatic nitrogens is 3. The van der Waals surface area contributed by atoms with Crippen molar-refractivity contribution < 1.29 is 4.74 Å². The van der Waals surface area contributed by atoms with Crippen molar-refractivity contribution in [2.24, 2.45) is 5.92 Å². The van der Waals surface area contributed by atoms with E-state index in [1.54, 1.807) is 7.11 Å². The van der Waals surface area contributed by atoms with Gasteiger partial charge in [-0.05, 0) is 31.6 Å². The van der Waals surface area contributed by atoms with Crippen molar-refractivity contribution in [3.63, 3.8) is 0 Å². The predicted octanol–water partition coefficient (Wildman–Crippen LogP) is 2.69. The van der Waals surface area contributed by atoms with Gasteiger partial charge >= 0.3 is 0 Å². The van der Waals surface area contributed by atoms with E-state index < -0.39 is 0 Å². The zero-order chi connectivity index (χ0) is 15.4. The topological polar surface area (TPSA) is 52.0 Å². The summed E-state index contributed by atoms with van der Waals surface area (Å²) in [6.45, 7) is 3.77. The number of hydrogen-bond acceptors (Lipinski definition) is 4. The second-order valence-corrected chi connectivity index (χ2v) is 6.90. The molecule has 2 aliphatic rings. The van der Waals surface area contributed by atoms with Crippen LogP contribution in [0.5, 0.6) is 0 Å². The lowest BCUT2D eigenvalue weighted by Gasteiger charge is -2.32. The molecule has 5 heteroatoms. The summed E-state index contributed by atoms with van der Waals surface area (Å²) in [5.74, 6) is 2.83. The SMILES string of the molecule is CCCC(NC1CCc2nc(COC)nn2C1)C1CCCC1. The molecule has 0 saturated heterocycles. The molecule has 1 aliphatic heterocycles. The number of nitrogens with zero attached hydrogens (tertiary/aromatic N) is 3. The fourth-order valence-electron chi connectivity index (χ4n) is 4.12. The molecular formula is C17H30N4O. The molecular weight excluding hydrogens is 276 g/mol. The Kier molecular flexibility index (Phi) is 5.47. The summed E-state index contributed by atoms with van der Waals surface area (Å²) in [5.41, 5.74) is 0. The van der Waals surface area contributed by atoms with E-state index in [-0.39, 0.29) is 0 Å². The molecule has 3 rings (SSSR count). The zero-order valence-electron chi connectivity index (χ0n) is 14.1. The Morgan fingerprint density at radius 3 is 2.86 bits per heavy atom. The highest BCUT2D eigenvalue weighted by Gasteiger charge is 2.28. The number of hydrogen-bond donors (Lipinski definition) is 1. The maximum absolute atomic E-state index is 5.14. The van der Waals surface area contributed by atoms with Crippen LogP contribution in [0.3, 0.4) is 0 Å². The molecule has 22 heavy (non-hydrogen) atoms. The van der Waals surface area contributed by atoms with Crippen LogP contribution in [0, 0.1) is 5.92 Å². The summed E-state index contributed by atoms with van der Waals surface area (Å²) in [7, 11) is 1.70. The highest BCUT2D eigenvalue weighted by Crippen LogP contribution is 2.30. The van der Waals surface area contributed by atoms with E-state index in [0.717, 1.165) is 30.5 Å². The van der Waals surface area contributed by atoms with Crippen molar-refractivity contribution in [3.05, 3.63) is 11.6 Å². The normalized spacial score (nSPS) is 23.6. The van der Waals surface area contributed by atoms with Crippen LogP contribution in [0.15, 0.2) is 0 Å². The molecule has 0 aromatic carbocycles. The molecule has 1 aromatic heterocycles. The van der Waals surface area contributed by atoms with Gasteiger partial charge in [0.2, 0.25) is 0 Å². The molecule has 0 spiro atoms. The first-order chi connectivity index (χ1) is 10.8. The van der Waals surface area contributed by atoms with Crippen molar-refractivity contribution in [2.45, 2.75) is 83.5 Å². The Morgan fingerprint density at radius 1 is 1.32 bits per heavy atom. The lowest BCUT2D eigenvalue weighted by molar-refractivity contribution is 0.177. The van der Waals surface area contributed by atoms with Gasteiger partial charge in [-0.3, -0.25) is 0 Å². The largest absolute Gasteiger partial charge is 0.377 e. The van der Waals surface area contributed by atoms with Gasteiger partial charge in [0.1, 0.15) is 12.4 Å². The molecule has 2 atom stereocenters. The van der Waals surface area contributed by atoms with Gasteiger partial charge in [0.25, 0.3) is 0 Å². The number of ether oxygens (including phenoxy) is 1. The van der Waals surface area contributed by atoms with E-state index in [0.29, 0.717) is 18.7 Å². The molecule has 0 amide bonds. The maximum Gasteiger partial charge on any atom is 0.176 e. The van der Waals surface area contributed by atoms with Crippen LogP contribution in [0.25, 0.3) is 0 Å². The summed E-state index contributed by atoms with van der Waals surface area (Å²) in [6, 6.07) is 1.24. The van der Waals surface area contributed by atoms with Gasteiger partial charge in [-0.15, -0.1) is 0 Å². The van der Waals surface area contributed by atoms with E-state index >= 15 is 0 Å². The van der Waals surface area contributed by atoms with Gasteiger partial charge in [0.15, 0.2) is 5.82 Å². The van der Waals surface area contributed by atoms with Gasteiger partial charge in [-0.2, -0.15) is 5.10 Å². The lowest BCUT2D eigenvalue weighted by Crippen LogP contribution is -2.46. The van der Waals surface area contributed by atoms with Crippen LogP contribution in [0.2, 0.25) is 0 Å². The van der Waals surface area contributed by atoms with Crippen LogP contribution < -0.4 is 5.32 Å². The third-order valence-corrected chi connectivity index (χ3v) is 5.19. The molecule has 1 saturated carbocycles. The molecule has 5 nitrogen and oxygen atoms in total. The first-order valence-electron chi connectivity index (χ1n) is 8.97. The van der Waals surface area contributed by atoms with Gasteiger partial charge in [0.05, 0.1) is 6.54 Å². The zero-order valence-corrected chi connectivity index (χ0v) is 14.1. The summed E-state index contributed by atoms with van der Waals surface area (Å²) >= 11 is 0. The molecule has 1 N–H and O–H groups in total. The average molecular weight is 306 g/mol. The van der Waals surface area contributed by atoms with Gasteiger partial charge in [-0.1, -0.05) is 26.2 Å². The minimum Gasteiger partial charge on any atom is -0.377 e. The second kappa shape index (κ2) is 7.55. The number of methoxy groups -OCH3 is 1. The minimum absolute atomic E-state index is 0.513. The van der Waals surface area contributed by atoms with E-state index in [4.69, 9.17) is 4.74 Å². The first-order valence-corrected chi connectivity index (χ1v) is 8.97. The molecule has 1 aliphatic carbocycles. The molecule has 1 fully saturated rings. The standard InChI is InChI=1S/C17H30N4O/c1-3-6-15(13-7-4-5-8-13)18-14-9-10-17-19-16(12-22-2)20-21(17)11-14/h13-15,18H,3-12H2,1-2H3. The van der Waals surface area contributed by atoms with Crippen LogP contribution in [0.1, 0.15) is 63.5 Å². The van der Waals surface area contributed by atoms with E-state index in [2.05, 4.69) is 27.0 Å². The fraction of sp³-hybridized carbons (Fsp3) is 0.882. The van der Waals surface area contributed by atoms with Gasteiger partial charge in [-0.25, -0.2) is 9.67 Å². The average Bonchev–Trinajstić information content (AvgIpc) is 3.15. The Bertz CT molecular complexity index is 467. The summed E-state index contributed by atoms with van der Waals surface area (Å²) in [6.07, 6.45) is 10.5. The van der Waals surface area contributed by atoms with E-state index in [1.165, 1.54) is 44.9 Å². The predicted molar refractivity (Wildman–Crippen MR) is 86.6 cm³/mol. The smallest absolute Gasteiger partial charge is 0.176 e. The molecule has 0 bridgehead atoms. The lowest BCUT2D eigenvalue weighted by atomic mass is 9.92. The van der Waals surface area contributed by atoms with Crippen molar-refractivity contribution in [3.8, 4) is 0 Å². The number of fused-ring (bicyclic) bond motifs is 1. The van der Waals surface area contributed by atoms with Crippen LogP contribution >= 0.6 is 0 Å². The maximum atomic E-state index is 5.14. The number of aryl methyl sites for hydroxylation is 1. The van der Waals surface area contributed by atoms with Crippen LogP contribution in [-0.4, -0.2) is 34.0 Å². The molecule has 1 aromatic rings. The third kappa shape index (κ3) is 3.69. The molecule has 124 valence electrons. The highest BCUT2D eigenvalue weighted by molar-refractivity contribution is 4.98. The quantitative estimate of drug-likeness (QED) is 0.841. The third-order valence-electron chi connectivity index (χ3n) is 5.19. The summed E-state index contributed by atoms with van der Waals surface area (Å²) < 4.78 is 7.23. The minimum atomic E-state index is 0.513. The van der Waals surface area contributed by atoms with E-state index in [9.17, 15) is 0 Å². The monoisotopic (exact) mass is 306 g/mol. The van der Waals surface area contributed by atoms with Crippen LogP contribution in [0.4, 0.5) is 0 Å². The summed E-state index contributed by atoms with van der Waals surface area (Å²) in [4.78, 5) is 4.57. The highest BCUT2D eigenvalue weighted by atomic mass is 16.5. The summed E-state index contributed by atoms with van der Waals surface area (Å²) in [5, 5.41) is 8.54.